The number of aliphatic imine (C=N–C) groups is 1. The maximum atomic E-state index is 6.29. The van der Waals surface area contributed by atoms with Crippen molar-refractivity contribution in [3.8, 4) is 11.1 Å². The molecule has 0 amide bonds. The van der Waals surface area contributed by atoms with E-state index in [9.17, 15) is 0 Å². The van der Waals surface area contributed by atoms with Gasteiger partial charge in [0.15, 0.2) is 0 Å². The molecule has 0 bridgehead atoms. The number of rotatable bonds is 4. The molecular weight excluding hydrogens is 474 g/mol. The van der Waals surface area contributed by atoms with Crippen LogP contribution in [0, 0.1) is 0 Å². The Morgan fingerprint density at radius 3 is 2.00 bits per heavy atom. The van der Waals surface area contributed by atoms with E-state index in [4.69, 9.17) is 9.41 Å². The maximum Gasteiger partial charge on any atom is 0.143 e. The standard InChI is InChI=1S/C37H27NO/c1-3-11-28(12-4-1)34-19-9-15-30(25-35(38-34)29-13-5-2-6-14-29)26-21-23-27(24-22-26)31-17-10-18-33-32-16-7-8-20-36(32)39-37(31)33/h1-8,10-14,16-25H,9,15H2/b30-25+,34-19-,38-35+. The normalized spacial score (nSPS) is 17.9. The lowest BCUT2D eigenvalue weighted by molar-refractivity contribution is 0.670. The molecule has 1 aliphatic heterocycles. The van der Waals surface area contributed by atoms with E-state index in [0.29, 0.717) is 0 Å². The third-order valence-corrected chi connectivity index (χ3v) is 7.41. The summed E-state index contributed by atoms with van der Waals surface area (Å²) >= 11 is 0. The van der Waals surface area contributed by atoms with Gasteiger partial charge in [0.1, 0.15) is 11.2 Å². The Bertz CT molecular complexity index is 1870. The molecule has 0 spiro atoms. The summed E-state index contributed by atoms with van der Waals surface area (Å²) in [7, 11) is 0. The largest absolute Gasteiger partial charge is 0.455 e. The summed E-state index contributed by atoms with van der Waals surface area (Å²) in [5.41, 5.74) is 10.9. The summed E-state index contributed by atoms with van der Waals surface area (Å²) < 4.78 is 6.29. The molecule has 2 heterocycles. The van der Waals surface area contributed by atoms with E-state index in [1.165, 1.54) is 11.1 Å². The van der Waals surface area contributed by atoms with Crippen LogP contribution in [0.15, 0.2) is 149 Å². The van der Waals surface area contributed by atoms with Crippen LogP contribution in [0.3, 0.4) is 0 Å². The van der Waals surface area contributed by atoms with Gasteiger partial charge in [-0.05, 0) is 47.2 Å². The molecule has 0 atom stereocenters. The topological polar surface area (TPSA) is 25.5 Å². The average Bonchev–Trinajstić information content (AvgIpc) is 3.37. The molecule has 0 fully saturated rings. The molecule has 1 aliphatic rings. The molecule has 186 valence electrons. The van der Waals surface area contributed by atoms with E-state index in [2.05, 4.69) is 115 Å². The van der Waals surface area contributed by atoms with Crippen LogP contribution >= 0.6 is 0 Å². The number of allylic oxidation sites excluding steroid dienone is 3. The fourth-order valence-electron chi connectivity index (χ4n) is 5.42. The molecule has 2 nitrogen and oxygen atoms in total. The highest BCUT2D eigenvalue weighted by atomic mass is 16.3. The number of hydrogen-bond donors (Lipinski definition) is 0. The third kappa shape index (κ3) is 4.51. The summed E-state index contributed by atoms with van der Waals surface area (Å²) in [6.45, 7) is 0. The molecule has 0 saturated heterocycles. The number of benzene rings is 5. The summed E-state index contributed by atoms with van der Waals surface area (Å²) in [6.07, 6.45) is 6.41. The molecular formula is C37H27NO. The zero-order chi connectivity index (χ0) is 26.0. The van der Waals surface area contributed by atoms with Crippen molar-refractivity contribution in [1.82, 2.24) is 0 Å². The molecule has 5 aromatic carbocycles. The van der Waals surface area contributed by atoms with Gasteiger partial charge in [0.05, 0.1) is 11.4 Å². The zero-order valence-electron chi connectivity index (χ0n) is 21.5. The molecule has 0 N–H and O–H groups in total. The number of hydrogen-bond acceptors (Lipinski definition) is 2. The zero-order valence-corrected chi connectivity index (χ0v) is 21.5. The van der Waals surface area contributed by atoms with E-state index >= 15 is 0 Å². The lowest BCUT2D eigenvalue weighted by Crippen LogP contribution is -2.02. The lowest BCUT2D eigenvalue weighted by Gasteiger charge is -2.14. The van der Waals surface area contributed by atoms with Crippen LogP contribution in [0.2, 0.25) is 0 Å². The van der Waals surface area contributed by atoms with Gasteiger partial charge in [0.2, 0.25) is 0 Å². The van der Waals surface area contributed by atoms with E-state index < -0.39 is 0 Å². The van der Waals surface area contributed by atoms with Gasteiger partial charge in [0.25, 0.3) is 0 Å². The first-order valence-corrected chi connectivity index (χ1v) is 13.4. The Morgan fingerprint density at radius 1 is 0.538 bits per heavy atom. The van der Waals surface area contributed by atoms with Gasteiger partial charge in [0, 0.05) is 21.9 Å². The monoisotopic (exact) mass is 501 g/mol. The van der Waals surface area contributed by atoms with Gasteiger partial charge >= 0.3 is 0 Å². The van der Waals surface area contributed by atoms with Crippen molar-refractivity contribution in [3.63, 3.8) is 0 Å². The molecule has 6 aromatic rings. The first-order valence-electron chi connectivity index (χ1n) is 13.4. The first-order chi connectivity index (χ1) is 19.3. The van der Waals surface area contributed by atoms with Crippen LogP contribution < -0.4 is 0 Å². The Balaban J connectivity index is 1.28. The van der Waals surface area contributed by atoms with Gasteiger partial charge in [-0.1, -0.05) is 127 Å². The van der Waals surface area contributed by atoms with Crippen LogP contribution in [0.1, 0.15) is 29.5 Å². The van der Waals surface area contributed by atoms with Crippen LogP contribution in [0.25, 0.3) is 44.3 Å². The van der Waals surface area contributed by atoms with Crippen molar-refractivity contribution in [2.24, 2.45) is 4.99 Å². The summed E-state index contributed by atoms with van der Waals surface area (Å²) in [5, 5.41) is 2.31. The fourth-order valence-corrected chi connectivity index (χ4v) is 5.42. The smallest absolute Gasteiger partial charge is 0.143 e. The van der Waals surface area contributed by atoms with Crippen LogP contribution in [-0.4, -0.2) is 5.71 Å². The Labute approximate surface area is 228 Å². The van der Waals surface area contributed by atoms with Crippen molar-refractivity contribution in [3.05, 3.63) is 156 Å². The van der Waals surface area contributed by atoms with Crippen molar-refractivity contribution in [2.45, 2.75) is 12.8 Å². The van der Waals surface area contributed by atoms with E-state index in [0.717, 1.165) is 68.4 Å². The van der Waals surface area contributed by atoms with Crippen LogP contribution in [-0.2, 0) is 0 Å². The van der Waals surface area contributed by atoms with Gasteiger partial charge in [-0.25, -0.2) is 4.99 Å². The van der Waals surface area contributed by atoms with Gasteiger partial charge < -0.3 is 4.42 Å². The highest BCUT2D eigenvalue weighted by Gasteiger charge is 2.14. The molecule has 0 saturated carbocycles. The van der Waals surface area contributed by atoms with Gasteiger partial charge in [-0.3, -0.25) is 0 Å². The molecule has 1 aromatic heterocycles. The molecule has 0 radical (unpaired) electrons. The SMILES string of the molecule is C1=C(c2ccccc2)/N=C(c2ccccc2)\C=C(\c2ccc(-c3cccc4c3oc3ccccc34)cc2)CC\1. The summed E-state index contributed by atoms with van der Waals surface area (Å²) in [5.74, 6) is 0. The second-order valence-electron chi connectivity index (χ2n) is 9.88. The van der Waals surface area contributed by atoms with E-state index in [-0.39, 0.29) is 0 Å². The number of nitrogens with zero attached hydrogens (tertiary/aromatic N) is 1. The third-order valence-electron chi connectivity index (χ3n) is 7.41. The fraction of sp³-hybridized carbons (Fsp3) is 0.0541. The van der Waals surface area contributed by atoms with Crippen molar-refractivity contribution in [1.29, 1.82) is 0 Å². The van der Waals surface area contributed by atoms with Crippen LogP contribution in [0.5, 0.6) is 0 Å². The van der Waals surface area contributed by atoms with E-state index in [1.807, 2.05) is 24.3 Å². The maximum absolute atomic E-state index is 6.29. The second kappa shape index (κ2) is 10.1. The highest BCUT2D eigenvalue weighted by Crippen LogP contribution is 2.36. The number of para-hydroxylation sites is 2. The van der Waals surface area contributed by atoms with Crippen molar-refractivity contribution >= 4 is 38.9 Å². The molecule has 7 rings (SSSR count). The molecule has 2 heteroatoms. The lowest BCUT2D eigenvalue weighted by atomic mass is 9.93. The Morgan fingerprint density at radius 2 is 1.21 bits per heavy atom. The Kier molecular flexibility index (Phi) is 5.99. The predicted octanol–water partition coefficient (Wildman–Crippen LogP) is 9.96. The number of furan rings is 1. The molecule has 39 heavy (non-hydrogen) atoms. The van der Waals surface area contributed by atoms with Gasteiger partial charge in [-0.15, -0.1) is 0 Å². The second-order valence-corrected chi connectivity index (χ2v) is 9.88. The van der Waals surface area contributed by atoms with Gasteiger partial charge in [-0.2, -0.15) is 0 Å². The minimum absolute atomic E-state index is 0.923. The quantitative estimate of drug-likeness (QED) is 0.236. The molecule has 0 unspecified atom stereocenters. The summed E-state index contributed by atoms with van der Waals surface area (Å²) in [6, 6.07) is 44.4. The minimum atomic E-state index is 0.923. The minimum Gasteiger partial charge on any atom is -0.455 e. The average molecular weight is 502 g/mol. The molecule has 0 aliphatic carbocycles. The van der Waals surface area contributed by atoms with Crippen molar-refractivity contribution in [2.75, 3.05) is 0 Å². The summed E-state index contributed by atoms with van der Waals surface area (Å²) in [4.78, 5) is 5.16. The number of fused-ring (bicyclic) bond motifs is 3. The van der Waals surface area contributed by atoms with E-state index in [1.54, 1.807) is 0 Å². The van der Waals surface area contributed by atoms with Crippen molar-refractivity contribution < 1.29 is 4.42 Å². The predicted molar refractivity (Wildman–Crippen MR) is 164 cm³/mol. The first kappa shape index (κ1) is 23.2. The Hall–Kier alpha value is -4.95. The van der Waals surface area contributed by atoms with Crippen LogP contribution in [0.4, 0.5) is 0 Å². The highest BCUT2D eigenvalue weighted by molar-refractivity contribution is 6.14.